The van der Waals surface area contributed by atoms with E-state index in [1.165, 1.54) is 10.5 Å². The summed E-state index contributed by atoms with van der Waals surface area (Å²) in [5, 5.41) is 42.4. The fourth-order valence-electron chi connectivity index (χ4n) is 15.4. The second-order valence-corrected chi connectivity index (χ2v) is 33.3. The SMILES string of the molecule is CC(C)[C@](C)(c1ccc(-c2cnc(N)nc2)cc1)c1noc(-c2cn[nH]c2)n1.COCCn1cc(-c2nc([C@@](C)(c3ccc(-c4cnc(N)nc4)cc3)C(C)C)no2)cn1.C[C@@](c1ccc(-c2cnc(N)nc2)cc1)(c1noc(N2CCC(O)CC2)n1)C1CC1.Cc1nc(N)ncc1-c1ccc([C@](C)(c2noc(-c3cnn(CC(=O)N(C)C)c3)n2)C2CC2)cc1. The van der Waals surface area contributed by atoms with Crippen molar-refractivity contribution in [3.8, 4) is 78.9 Å². The molecule has 18 rings (SSSR count). The standard InChI is InChI=1S/C25H28N8O2.C23H27N7O2.C22H26N6O2.C20H21N7O/c1-15-20(12-27-24(26)29-15)16-5-7-18(8-6-16)25(2,19-9-10-19)23-30-22(35-31-23)17-11-28-33(13-17)14-21(34)32(3)4;1-15(2)23(3,19-7-5-16(6-8-19)17-11-25-22(24)26-12-17)21-28-20(32-29-21)18-13-27-30(14-18)9-10-31-4;1-22(17-6-7-17,19-26-21(30-27-19)28-10-8-18(29)9-11-28)16-4-2-14(3-5-16)15-12-24-20(23)25-13-15;1-12(2)20(3,18-26-17(28-27-18)15-10-24-25-11-15)16-6-4-13(5-7-16)14-8-22-19(21)23-9-14/h5-8,11-13,19H,9-10,14H2,1-4H3,(H2,26,27,29);5-8,11-15H,9-10H2,1-4H3,(H2,24,25,26);2-5,12-13,17-18,29H,6-11H2,1H3,(H2,23,24,25);4-12H,1-3H3,(H,24,25)(H2,21,22,23)/t25-;23-;22-;20-/m0101/s1. The van der Waals surface area contributed by atoms with Crippen LogP contribution in [0, 0.1) is 30.6 Å². The van der Waals surface area contributed by atoms with Gasteiger partial charge >= 0.3 is 6.01 Å². The van der Waals surface area contributed by atoms with Gasteiger partial charge in [0, 0.05) is 119 Å². The summed E-state index contributed by atoms with van der Waals surface area (Å²) in [6, 6.07) is 33.9. The van der Waals surface area contributed by atoms with Crippen LogP contribution < -0.4 is 27.8 Å². The molecule has 3 fully saturated rings. The van der Waals surface area contributed by atoms with Crippen LogP contribution in [0.2, 0.25) is 0 Å². The second kappa shape index (κ2) is 36.5. The van der Waals surface area contributed by atoms with E-state index in [0.717, 1.165) is 135 Å². The molecular weight excluding hydrogens is 1590 g/mol. The van der Waals surface area contributed by atoms with E-state index >= 15 is 0 Å². The van der Waals surface area contributed by atoms with Crippen LogP contribution in [0.5, 0.6) is 0 Å². The van der Waals surface area contributed by atoms with Crippen LogP contribution in [0.3, 0.4) is 0 Å². The molecule has 0 radical (unpaired) electrons. The van der Waals surface area contributed by atoms with Gasteiger partial charge in [-0.25, -0.2) is 39.9 Å². The number of carbonyl (C=O) groups is 1. The molecule has 2 aliphatic carbocycles. The fraction of sp³-hybridized carbons (Fsp3) is 0.356. The minimum absolute atomic E-state index is 0.0450. The Labute approximate surface area is 721 Å². The van der Waals surface area contributed by atoms with Crippen LogP contribution in [-0.2, 0) is 44.3 Å². The van der Waals surface area contributed by atoms with Gasteiger partial charge in [-0.1, -0.05) is 145 Å². The number of nitrogens with zero attached hydrogens (tertiary/aromatic N) is 23. The van der Waals surface area contributed by atoms with Gasteiger partial charge in [-0.2, -0.15) is 35.2 Å². The Morgan fingerprint density at radius 2 is 0.880 bits per heavy atom. The Hall–Kier alpha value is -14.2. The highest BCUT2D eigenvalue weighted by atomic mass is 16.5. The first-order valence-electron chi connectivity index (χ1n) is 41.5. The van der Waals surface area contributed by atoms with Crippen molar-refractivity contribution in [1.29, 1.82) is 0 Å². The van der Waals surface area contributed by atoms with Crippen LogP contribution >= 0.6 is 0 Å². The van der Waals surface area contributed by atoms with Crippen molar-refractivity contribution < 1.29 is 32.7 Å². The molecule has 3 aliphatic rings. The predicted octanol–water partition coefficient (Wildman–Crippen LogP) is 12.9. The highest BCUT2D eigenvalue weighted by Gasteiger charge is 2.49. The Bertz CT molecular complexity index is 6080. The molecule has 11 aromatic heterocycles. The zero-order valence-corrected chi connectivity index (χ0v) is 71.9. The number of aliphatic hydroxyl groups is 1. The molecule has 35 nitrogen and oxygen atoms in total. The van der Waals surface area contributed by atoms with Gasteiger partial charge in [0.05, 0.1) is 81.9 Å². The van der Waals surface area contributed by atoms with Gasteiger partial charge in [0.2, 0.25) is 29.7 Å². The number of rotatable bonds is 25. The lowest BCUT2D eigenvalue weighted by Crippen LogP contribution is -2.36. The minimum Gasteiger partial charge on any atom is -0.393 e. The van der Waals surface area contributed by atoms with Gasteiger partial charge in [-0.3, -0.25) is 19.3 Å². The van der Waals surface area contributed by atoms with Crippen molar-refractivity contribution in [3.63, 3.8) is 0 Å². The maximum atomic E-state index is 12.0. The number of anilines is 5. The molecule has 0 spiro atoms. The zero-order valence-electron chi connectivity index (χ0n) is 71.9. The number of nitrogens with one attached hydrogen (secondary N) is 1. The number of piperidine rings is 1. The number of H-pyrrole nitrogens is 1. The Morgan fingerprint density at radius 3 is 1.30 bits per heavy atom. The number of ether oxygens (including phenoxy) is 1. The van der Waals surface area contributed by atoms with Crippen molar-refractivity contribution in [2.45, 2.75) is 142 Å². The summed E-state index contributed by atoms with van der Waals surface area (Å²) in [7, 11) is 5.09. The van der Waals surface area contributed by atoms with Gasteiger partial charge in [-0.15, -0.1) is 0 Å². The van der Waals surface area contributed by atoms with E-state index in [-0.39, 0.29) is 65.0 Å². The third-order valence-corrected chi connectivity index (χ3v) is 24.5. The number of nitrogens with two attached hydrogens (primary N) is 4. The van der Waals surface area contributed by atoms with E-state index in [0.29, 0.717) is 71.7 Å². The number of methoxy groups -OCH3 is 1. The molecule has 125 heavy (non-hydrogen) atoms. The van der Waals surface area contributed by atoms with Gasteiger partial charge in [0.25, 0.3) is 17.7 Å². The van der Waals surface area contributed by atoms with Crippen molar-refractivity contribution in [2.75, 3.05) is 68.7 Å². The molecule has 0 bridgehead atoms. The van der Waals surface area contributed by atoms with Crippen LogP contribution in [0.1, 0.15) is 145 Å². The summed E-state index contributed by atoms with van der Waals surface area (Å²) in [6.45, 7) is 22.0. The average molecular weight is 1690 g/mol. The van der Waals surface area contributed by atoms with Gasteiger partial charge in [0.15, 0.2) is 23.3 Å². The van der Waals surface area contributed by atoms with E-state index in [1.807, 2.05) is 37.4 Å². The van der Waals surface area contributed by atoms with Crippen molar-refractivity contribution >= 4 is 35.7 Å². The predicted molar refractivity (Wildman–Crippen MR) is 468 cm³/mol. The lowest BCUT2D eigenvalue weighted by atomic mass is 9.72. The molecular formula is C90H102N28O7. The smallest absolute Gasteiger partial charge is 0.324 e. The maximum Gasteiger partial charge on any atom is 0.324 e. The fourth-order valence-corrected chi connectivity index (χ4v) is 15.4. The highest BCUT2D eigenvalue weighted by molar-refractivity contribution is 5.75. The molecule has 1 saturated heterocycles. The van der Waals surface area contributed by atoms with Gasteiger partial charge in [0.1, 0.15) is 6.54 Å². The summed E-state index contributed by atoms with van der Waals surface area (Å²) in [6.07, 6.45) is 28.2. The Balaban J connectivity index is 0.000000129. The van der Waals surface area contributed by atoms with E-state index < -0.39 is 10.8 Å². The summed E-state index contributed by atoms with van der Waals surface area (Å²) in [4.78, 5) is 67.3. The number of aromatic nitrogens is 22. The van der Waals surface area contributed by atoms with Gasteiger partial charge in [-0.05, 0) is 141 Å². The third-order valence-electron chi connectivity index (χ3n) is 24.5. The first-order valence-corrected chi connectivity index (χ1v) is 41.5. The number of nitrogen functional groups attached to an aromatic ring is 4. The number of hydrogen-bond acceptors (Lipinski definition) is 31. The van der Waals surface area contributed by atoms with Crippen LogP contribution in [0.15, 0.2) is 196 Å². The molecule has 1 aliphatic heterocycles. The number of carbonyl (C=O) groups excluding carboxylic acids is 1. The quantitative estimate of drug-likeness (QED) is 0.0309. The van der Waals surface area contributed by atoms with Gasteiger partial charge < -0.3 is 60.7 Å². The summed E-state index contributed by atoms with van der Waals surface area (Å²) in [5.74, 6) is 6.36. The first-order chi connectivity index (χ1) is 60.2. The number of aryl methyl sites for hydroxylation is 1. The molecule has 4 aromatic carbocycles. The van der Waals surface area contributed by atoms with Crippen molar-refractivity contribution in [2.24, 2.45) is 23.7 Å². The third kappa shape index (κ3) is 18.6. The molecule has 15 aromatic rings. The summed E-state index contributed by atoms with van der Waals surface area (Å²) >= 11 is 0. The minimum atomic E-state index is -0.441. The van der Waals surface area contributed by atoms with Crippen molar-refractivity contribution in [3.05, 3.63) is 229 Å². The van der Waals surface area contributed by atoms with E-state index in [9.17, 15) is 9.90 Å². The number of aromatic amines is 1. The van der Waals surface area contributed by atoms with Crippen molar-refractivity contribution in [1.82, 2.24) is 115 Å². The highest BCUT2D eigenvalue weighted by Crippen LogP contribution is 2.53. The number of benzene rings is 4. The molecule has 2 saturated carbocycles. The monoisotopic (exact) mass is 1690 g/mol. The maximum absolute atomic E-state index is 12.0. The number of aliphatic hydroxyl groups excluding tert-OH is 1. The molecule has 10 N–H and O–H groups in total. The lowest BCUT2D eigenvalue weighted by molar-refractivity contribution is -0.129. The Kier molecular flexibility index (Phi) is 25.0. The second-order valence-electron chi connectivity index (χ2n) is 33.3. The topological polar surface area (TPSA) is 480 Å². The number of hydrogen-bond donors (Lipinski definition) is 6. The normalized spacial score (nSPS) is 15.4. The van der Waals surface area contributed by atoms with E-state index in [1.54, 1.807) is 105 Å². The molecule has 1 amide bonds. The zero-order chi connectivity index (χ0) is 87.9. The van der Waals surface area contributed by atoms with E-state index in [4.69, 9.17) is 60.7 Å². The average Bonchev–Trinajstić information content (AvgIpc) is 1.63. The van der Waals surface area contributed by atoms with Crippen LogP contribution in [0.25, 0.3) is 78.9 Å². The lowest BCUT2D eigenvalue weighted by Gasteiger charge is -2.31. The molecule has 4 atom stereocenters. The Morgan fingerprint density at radius 1 is 0.480 bits per heavy atom. The number of likely N-dealkylation sites (N-methyl/N-ethyl adjacent to an activating group) is 1. The molecule has 12 heterocycles. The molecule has 644 valence electrons. The largest absolute Gasteiger partial charge is 0.393 e. The number of amides is 1. The molecule has 0 unspecified atom stereocenters. The summed E-state index contributed by atoms with van der Waals surface area (Å²) in [5.41, 5.74) is 36.3. The van der Waals surface area contributed by atoms with E-state index in [2.05, 4.69) is 219 Å². The summed E-state index contributed by atoms with van der Waals surface area (Å²) < 4.78 is 30.9. The van der Waals surface area contributed by atoms with Crippen LogP contribution in [-0.4, -0.2) is 173 Å². The molecule has 35 heteroatoms. The first kappa shape index (κ1) is 85.7. The van der Waals surface area contributed by atoms with Crippen LogP contribution in [0.4, 0.5) is 29.8 Å².